The molecule has 0 bridgehead atoms. The van der Waals surface area contributed by atoms with Gasteiger partial charge in [-0.25, -0.2) is 0 Å². The van der Waals surface area contributed by atoms with Crippen LogP contribution in [0.5, 0.6) is 0 Å². The van der Waals surface area contributed by atoms with Crippen LogP contribution in [0, 0.1) is 6.92 Å². The largest absolute Gasteiger partial charge is 0.465 e. The second kappa shape index (κ2) is 7.06. The lowest BCUT2D eigenvalue weighted by atomic mass is 9.90. The average Bonchev–Trinajstić information content (AvgIpc) is 3.25. The summed E-state index contributed by atoms with van der Waals surface area (Å²) < 4.78 is 5.74. The van der Waals surface area contributed by atoms with Crippen LogP contribution in [0.4, 0.5) is 0 Å². The Hall–Kier alpha value is -2.04. The SMILES string of the molecule is Cc1ccc(CN2CCC[C@H](c3[nH]ncc3-c3ccc(Cl)cc3)C2)o1. The Bertz CT molecular complexity index is 837. The van der Waals surface area contributed by atoms with Crippen LogP contribution >= 0.6 is 11.6 Å². The van der Waals surface area contributed by atoms with Crippen molar-refractivity contribution < 1.29 is 4.42 Å². The lowest BCUT2D eigenvalue weighted by Crippen LogP contribution is -2.34. The molecule has 1 N–H and O–H groups in total. The first-order chi connectivity index (χ1) is 12.2. The topological polar surface area (TPSA) is 45.1 Å². The Morgan fingerprint density at radius 2 is 2.08 bits per heavy atom. The fourth-order valence-corrected chi connectivity index (χ4v) is 3.82. The van der Waals surface area contributed by atoms with Crippen LogP contribution in [0.2, 0.25) is 5.02 Å². The molecule has 25 heavy (non-hydrogen) atoms. The maximum atomic E-state index is 6.02. The molecule has 1 aliphatic heterocycles. The van der Waals surface area contributed by atoms with Gasteiger partial charge < -0.3 is 4.42 Å². The molecule has 1 atom stereocenters. The van der Waals surface area contributed by atoms with E-state index in [-0.39, 0.29) is 0 Å². The number of aryl methyl sites for hydroxylation is 1. The van der Waals surface area contributed by atoms with Crippen LogP contribution in [-0.4, -0.2) is 28.2 Å². The fraction of sp³-hybridized carbons (Fsp3) is 0.350. The van der Waals surface area contributed by atoms with Crippen molar-refractivity contribution in [2.75, 3.05) is 13.1 Å². The molecule has 130 valence electrons. The summed E-state index contributed by atoms with van der Waals surface area (Å²) in [6, 6.07) is 12.1. The molecule has 0 aliphatic carbocycles. The summed E-state index contributed by atoms with van der Waals surface area (Å²) in [5, 5.41) is 8.31. The molecule has 4 nitrogen and oxygen atoms in total. The van der Waals surface area contributed by atoms with Gasteiger partial charge in [-0.15, -0.1) is 0 Å². The molecular formula is C20H22ClN3O. The highest BCUT2D eigenvalue weighted by atomic mass is 35.5. The van der Waals surface area contributed by atoms with Crippen molar-refractivity contribution in [2.24, 2.45) is 0 Å². The summed E-state index contributed by atoms with van der Waals surface area (Å²) in [6.07, 6.45) is 4.29. The van der Waals surface area contributed by atoms with Crippen LogP contribution in [0.1, 0.15) is 36.0 Å². The van der Waals surface area contributed by atoms with Crippen molar-refractivity contribution in [1.82, 2.24) is 15.1 Å². The first-order valence-corrected chi connectivity index (χ1v) is 9.14. The van der Waals surface area contributed by atoms with Gasteiger partial charge in [-0.05, 0) is 56.1 Å². The predicted molar refractivity (Wildman–Crippen MR) is 99.7 cm³/mol. The molecule has 0 radical (unpaired) electrons. The Balaban J connectivity index is 1.52. The van der Waals surface area contributed by atoms with E-state index in [1.807, 2.05) is 31.3 Å². The van der Waals surface area contributed by atoms with Crippen molar-refractivity contribution in [3.63, 3.8) is 0 Å². The van der Waals surface area contributed by atoms with E-state index in [9.17, 15) is 0 Å². The zero-order valence-electron chi connectivity index (χ0n) is 14.3. The average molecular weight is 356 g/mol. The molecule has 1 fully saturated rings. The van der Waals surface area contributed by atoms with Gasteiger partial charge in [0.05, 0.1) is 12.7 Å². The molecular weight excluding hydrogens is 334 g/mol. The zero-order chi connectivity index (χ0) is 17.2. The molecule has 4 rings (SSSR count). The normalized spacial score (nSPS) is 18.6. The number of piperidine rings is 1. The number of nitrogens with one attached hydrogen (secondary N) is 1. The number of furan rings is 1. The minimum Gasteiger partial charge on any atom is -0.465 e. The van der Waals surface area contributed by atoms with Gasteiger partial charge in [-0.1, -0.05) is 23.7 Å². The third-order valence-corrected chi connectivity index (χ3v) is 5.17. The van der Waals surface area contributed by atoms with E-state index in [2.05, 4.69) is 33.3 Å². The monoisotopic (exact) mass is 355 g/mol. The van der Waals surface area contributed by atoms with E-state index in [4.69, 9.17) is 16.0 Å². The molecule has 0 saturated carbocycles. The Labute approximate surface area is 152 Å². The van der Waals surface area contributed by atoms with Gasteiger partial charge >= 0.3 is 0 Å². The molecule has 3 heterocycles. The second-order valence-electron chi connectivity index (χ2n) is 6.79. The summed E-state index contributed by atoms with van der Waals surface area (Å²) in [5.74, 6) is 2.47. The van der Waals surface area contributed by atoms with E-state index in [0.717, 1.165) is 41.7 Å². The standard InChI is InChI=1S/C20H22ClN3O/c1-14-4-9-18(25-14)13-24-10-2-3-16(12-24)20-19(11-22-23-20)15-5-7-17(21)8-6-15/h4-9,11,16H,2-3,10,12-13H2,1H3,(H,22,23)/t16-/m0/s1. The summed E-state index contributed by atoms with van der Waals surface area (Å²) in [7, 11) is 0. The van der Waals surface area contributed by atoms with E-state index in [1.54, 1.807) is 0 Å². The van der Waals surface area contributed by atoms with E-state index >= 15 is 0 Å². The number of likely N-dealkylation sites (tertiary alicyclic amines) is 1. The quantitative estimate of drug-likeness (QED) is 0.715. The summed E-state index contributed by atoms with van der Waals surface area (Å²) in [6.45, 7) is 4.99. The highest BCUT2D eigenvalue weighted by Gasteiger charge is 2.25. The van der Waals surface area contributed by atoms with Crippen molar-refractivity contribution >= 4 is 11.6 Å². The van der Waals surface area contributed by atoms with Crippen LogP contribution in [0.3, 0.4) is 0 Å². The number of aromatic amines is 1. The summed E-state index contributed by atoms with van der Waals surface area (Å²) in [5.41, 5.74) is 3.56. The molecule has 0 amide bonds. The van der Waals surface area contributed by atoms with Crippen LogP contribution in [0.15, 0.2) is 47.0 Å². The highest BCUT2D eigenvalue weighted by molar-refractivity contribution is 6.30. The minimum absolute atomic E-state index is 0.456. The van der Waals surface area contributed by atoms with Crippen LogP contribution in [-0.2, 0) is 6.54 Å². The number of benzene rings is 1. The number of halogens is 1. The van der Waals surface area contributed by atoms with Crippen LogP contribution < -0.4 is 0 Å². The van der Waals surface area contributed by atoms with E-state index < -0.39 is 0 Å². The van der Waals surface area contributed by atoms with Gasteiger partial charge in [0.1, 0.15) is 11.5 Å². The van der Waals surface area contributed by atoms with Gasteiger partial charge in [0.25, 0.3) is 0 Å². The summed E-state index contributed by atoms with van der Waals surface area (Å²) in [4.78, 5) is 2.47. The molecule has 1 aliphatic rings. The zero-order valence-corrected chi connectivity index (χ0v) is 15.1. The maximum Gasteiger partial charge on any atom is 0.118 e. The molecule has 3 aromatic rings. The number of nitrogens with zero attached hydrogens (tertiary/aromatic N) is 2. The Morgan fingerprint density at radius 3 is 2.84 bits per heavy atom. The Morgan fingerprint density at radius 1 is 1.24 bits per heavy atom. The molecule has 2 aromatic heterocycles. The van der Waals surface area contributed by atoms with Gasteiger partial charge in [0, 0.05) is 28.7 Å². The number of H-pyrrole nitrogens is 1. The van der Waals surface area contributed by atoms with Crippen LogP contribution in [0.25, 0.3) is 11.1 Å². The second-order valence-corrected chi connectivity index (χ2v) is 7.23. The predicted octanol–water partition coefficient (Wildman–Crippen LogP) is 5.01. The lowest BCUT2D eigenvalue weighted by Gasteiger charge is -2.32. The van der Waals surface area contributed by atoms with Gasteiger partial charge in [-0.3, -0.25) is 10.00 Å². The molecule has 0 spiro atoms. The lowest BCUT2D eigenvalue weighted by molar-refractivity contribution is 0.184. The van der Waals surface area contributed by atoms with Crippen molar-refractivity contribution in [1.29, 1.82) is 0 Å². The highest BCUT2D eigenvalue weighted by Crippen LogP contribution is 2.33. The maximum absolute atomic E-state index is 6.02. The molecule has 5 heteroatoms. The third-order valence-electron chi connectivity index (χ3n) is 4.91. The first-order valence-electron chi connectivity index (χ1n) is 8.76. The van der Waals surface area contributed by atoms with Crippen molar-refractivity contribution in [2.45, 2.75) is 32.2 Å². The smallest absolute Gasteiger partial charge is 0.118 e. The van der Waals surface area contributed by atoms with Gasteiger partial charge in [-0.2, -0.15) is 5.10 Å². The fourth-order valence-electron chi connectivity index (χ4n) is 3.69. The Kier molecular flexibility index (Phi) is 4.64. The van der Waals surface area contributed by atoms with Gasteiger partial charge in [0.2, 0.25) is 0 Å². The first kappa shape index (κ1) is 16.4. The van der Waals surface area contributed by atoms with E-state index in [1.165, 1.54) is 24.1 Å². The number of hydrogen-bond acceptors (Lipinski definition) is 3. The molecule has 1 saturated heterocycles. The number of rotatable bonds is 4. The van der Waals surface area contributed by atoms with Crippen molar-refractivity contribution in [3.8, 4) is 11.1 Å². The van der Waals surface area contributed by atoms with Gasteiger partial charge in [0.15, 0.2) is 0 Å². The van der Waals surface area contributed by atoms with Crippen molar-refractivity contribution in [3.05, 3.63) is 64.8 Å². The number of aromatic nitrogens is 2. The molecule has 1 aromatic carbocycles. The minimum atomic E-state index is 0.456. The third kappa shape index (κ3) is 3.65. The van der Waals surface area contributed by atoms with E-state index in [0.29, 0.717) is 5.92 Å². The molecule has 0 unspecified atom stereocenters. The summed E-state index contributed by atoms with van der Waals surface area (Å²) >= 11 is 6.02. The number of hydrogen-bond donors (Lipinski definition) is 1.